The molecule has 0 fully saturated rings. The Morgan fingerprint density at radius 2 is 2.00 bits per heavy atom. The summed E-state index contributed by atoms with van der Waals surface area (Å²) < 4.78 is 0. The second-order valence-corrected chi connectivity index (χ2v) is 5.39. The lowest BCUT2D eigenvalue weighted by Crippen LogP contribution is -2.37. The Morgan fingerprint density at radius 1 is 1.26 bits per heavy atom. The fraction of sp³-hybridized carbons (Fsp3) is 0.812. The molecule has 1 N–H and O–H groups in total. The van der Waals surface area contributed by atoms with Gasteiger partial charge in [-0.25, -0.2) is 0 Å². The molecule has 0 saturated carbocycles. The van der Waals surface area contributed by atoms with Crippen LogP contribution in [0.25, 0.3) is 0 Å². The zero-order chi connectivity index (χ0) is 13.9. The SMILES string of the molecule is CCC/C=C/CCCCCCC1N=CCN1C(C)O. The normalized spacial score (nSPS) is 21.5. The molecule has 0 bridgehead atoms. The van der Waals surface area contributed by atoms with Gasteiger partial charge < -0.3 is 5.11 Å². The number of hydrogen-bond acceptors (Lipinski definition) is 3. The molecule has 0 spiro atoms. The first-order valence-corrected chi connectivity index (χ1v) is 7.86. The van der Waals surface area contributed by atoms with E-state index >= 15 is 0 Å². The summed E-state index contributed by atoms with van der Waals surface area (Å²) in [4.78, 5) is 6.48. The van der Waals surface area contributed by atoms with Crippen molar-refractivity contribution < 1.29 is 5.11 Å². The van der Waals surface area contributed by atoms with Crippen LogP contribution in [0.4, 0.5) is 0 Å². The van der Waals surface area contributed by atoms with E-state index in [0.717, 1.165) is 13.0 Å². The number of unbranched alkanes of at least 4 members (excludes halogenated alkanes) is 5. The Hall–Kier alpha value is -0.670. The van der Waals surface area contributed by atoms with Gasteiger partial charge in [-0.2, -0.15) is 0 Å². The lowest BCUT2D eigenvalue weighted by atomic mass is 10.1. The van der Waals surface area contributed by atoms with Gasteiger partial charge in [0.1, 0.15) is 12.4 Å². The zero-order valence-electron chi connectivity index (χ0n) is 12.6. The van der Waals surface area contributed by atoms with E-state index in [1.54, 1.807) is 0 Å². The summed E-state index contributed by atoms with van der Waals surface area (Å²) in [6.45, 7) is 4.83. The molecule has 0 aromatic heterocycles. The van der Waals surface area contributed by atoms with Crippen LogP contribution in [0.5, 0.6) is 0 Å². The highest BCUT2D eigenvalue weighted by atomic mass is 16.3. The van der Waals surface area contributed by atoms with Crippen LogP contribution in [0.3, 0.4) is 0 Å². The minimum absolute atomic E-state index is 0.212. The van der Waals surface area contributed by atoms with Gasteiger partial charge >= 0.3 is 0 Å². The maximum atomic E-state index is 9.60. The van der Waals surface area contributed by atoms with Crippen molar-refractivity contribution in [1.82, 2.24) is 4.90 Å². The molecule has 1 rings (SSSR count). The smallest absolute Gasteiger partial charge is 0.106 e. The summed E-state index contributed by atoms with van der Waals surface area (Å²) in [5.74, 6) is 0. The first kappa shape index (κ1) is 16.4. The third kappa shape index (κ3) is 6.88. The Balaban J connectivity index is 1.97. The van der Waals surface area contributed by atoms with E-state index in [4.69, 9.17) is 0 Å². The predicted octanol–water partition coefficient (Wildman–Crippen LogP) is 3.73. The lowest BCUT2D eigenvalue weighted by Gasteiger charge is -2.25. The summed E-state index contributed by atoms with van der Waals surface area (Å²) in [7, 11) is 0. The molecule has 3 heteroatoms. The molecule has 0 amide bonds. The zero-order valence-corrected chi connectivity index (χ0v) is 12.6. The molecule has 0 aromatic rings. The number of aliphatic imine (C=N–C) groups is 1. The van der Waals surface area contributed by atoms with Gasteiger partial charge in [0, 0.05) is 12.8 Å². The molecule has 110 valence electrons. The quantitative estimate of drug-likeness (QED) is 0.483. The second kappa shape index (κ2) is 10.2. The molecule has 1 aliphatic heterocycles. The number of nitrogens with zero attached hydrogens (tertiary/aromatic N) is 2. The second-order valence-electron chi connectivity index (χ2n) is 5.39. The van der Waals surface area contributed by atoms with Crippen molar-refractivity contribution in [3.8, 4) is 0 Å². The van der Waals surface area contributed by atoms with Gasteiger partial charge in [0.15, 0.2) is 0 Å². The van der Waals surface area contributed by atoms with Gasteiger partial charge in [-0.1, -0.05) is 38.3 Å². The van der Waals surface area contributed by atoms with Gasteiger partial charge in [-0.15, -0.1) is 0 Å². The van der Waals surface area contributed by atoms with Crippen LogP contribution in [-0.2, 0) is 0 Å². The third-order valence-electron chi connectivity index (χ3n) is 3.64. The van der Waals surface area contributed by atoms with Gasteiger partial charge in [0.25, 0.3) is 0 Å². The van der Waals surface area contributed by atoms with Crippen LogP contribution in [0.1, 0.15) is 65.2 Å². The Kier molecular flexibility index (Phi) is 8.76. The number of rotatable bonds is 10. The van der Waals surface area contributed by atoms with E-state index < -0.39 is 0 Å². The van der Waals surface area contributed by atoms with E-state index in [-0.39, 0.29) is 12.4 Å². The number of allylic oxidation sites excluding steroid dienone is 2. The van der Waals surface area contributed by atoms with Crippen molar-refractivity contribution in [3.05, 3.63) is 12.2 Å². The minimum Gasteiger partial charge on any atom is -0.379 e. The van der Waals surface area contributed by atoms with E-state index in [9.17, 15) is 5.11 Å². The van der Waals surface area contributed by atoms with Crippen molar-refractivity contribution in [2.45, 2.75) is 77.6 Å². The Morgan fingerprint density at radius 3 is 2.74 bits per heavy atom. The fourth-order valence-electron chi connectivity index (χ4n) is 2.46. The monoisotopic (exact) mass is 266 g/mol. The van der Waals surface area contributed by atoms with Gasteiger partial charge in [-0.05, 0) is 39.0 Å². The third-order valence-corrected chi connectivity index (χ3v) is 3.64. The van der Waals surface area contributed by atoms with Crippen molar-refractivity contribution in [2.24, 2.45) is 4.99 Å². The standard InChI is InChI=1S/C16H30N2O/c1-3-4-5-6-7-8-9-10-11-12-16-17-13-14-18(16)15(2)19/h5-6,13,15-16,19H,3-4,7-12,14H2,1-2H3/b6-5+. The van der Waals surface area contributed by atoms with Crippen LogP contribution < -0.4 is 0 Å². The molecular formula is C16H30N2O. The summed E-state index contributed by atoms with van der Waals surface area (Å²) in [5, 5.41) is 9.60. The molecule has 0 saturated heterocycles. The minimum atomic E-state index is -0.379. The van der Waals surface area contributed by atoms with E-state index in [2.05, 4.69) is 24.1 Å². The molecule has 0 radical (unpaired) electrons. The average Bonchev–Trinajstić information content (AvgIpc) is 2.85. The van der Waals surface area contributed by atoms with Crippen molar-refractivity contribution in [3.63, 3.8) is 0 Å². The molecule has 19 heavy (non-hydrogen) atoms. The van der Waals surface area contributed by atoms with Gasteiger partial charge in [0.2, 0.25) is 0 Å². The highest BCUT2D eigenvalue weighted by molar-refractivity contribution is 5.62. The number of aliphatic hydroxyl groups excluding tert-OH is 1. The average molecular weight is 266 g/mol. The van der Waals surface area contributed by atoms with Gasteiger partial charge in [-0.3, -0.25) is 9.89 Å². The lowest BCUT2D eigenvalue weighted by molar-refractivity contribution is 0.00710. The van der Waals surface area contributed by atoms with Crippen molar-refractivity contribution >= 4 is 6.21 Å². The summed E-state index contributed by atoms with van der Waals surface area (Å²) in [5.41, 5.74) is 0. The molecule has 2 unspecified atom stereocenters. The molecule has 3 nitrogen and oxygen atoms in total. The fourth-order valence-corrected chi connectivity index (χ4v) is 2.46. The number of aliphatic hydroxyl groups is 1. The summed E-state index contributed by atoms with van der Waals surface area (Å²) in [6.07, 6.45) is 16.2. The van der Waals surface area contributed by atoms with Crippen LogP contribution in [-0.4, -0.2) is 35.2 Å². The van der Waals surface area contributed by atoms with Crippen molar-refractivity contribution in [2.75, 3.05) is 6.54 Å². The van der Waals surface area contributed by atoms with Crippen molar-refractivity contribution in [1.29, 1.82) is 0 Å². The Labute approximate surface area is 118 Å². The number of hydrogen-bond donors (Lipinski definition) is 1. The highest BCUT2D eigenvalue weighted by Crippen LogP contribution is 2.17. The van der Waals surface area contributed by atoms with Crippen LogP contribution in [0.2, 0.25) is 0 Å². The first-order valence-electron chi connectivity index (χ1n) is 7.86. The topological polar surface area (TPSA) is 35.8 Å². The summed E-state index contributed by atoms with van der Waals surface area (Å²) >= 11 is 0. The van der Waals surface area contributed by atoms with E-state index in [1.807, 2.05) is 18.0 Å². The summed E-state index contributed by atoms with van der Waals surface area (Å²) in [6, 6.07) is 0. The first-order chi connectivity index (χ1) is 9.25. The Bertz CT molecular complexity index is 274. The van der Waals surface area contributed by atoms with E-state index in [0.29, 0.717) is 0 Å². The maximum absolute atomic E-state index is 9.60. The molecule has 1 heterocycles. The van der Waals surface area contributed by atoms with Gasteiger partial charge in [0.05, 0.1) is 0 Å². The van der Waals surface area contributed by atoms with Crippen LogP contribution in [0, 0.1) is 0 Å². The largest absolute Gasteiger partial charge is 0.379 e. The molecular weight excluding hydrogens is 236 g/mol. The molecule has 2 atom stereocenters. The molecule has 0 aromatic carbocycles. The highest BCUT2D eigenvalue weighted by Gasteiger charge is 2.23. The van der Waals surface area contributed by atoms with Crippen LogP contribution in [0.15, 0.2) is 17.1 Å². The van der Waals surface area contributed by atoms with Crippen LogP contribution >= 0.6 is 0 Å². The molecule has 1 aliphatic rings. The van der Waals surface area contributed by atoms with E-state index in [1.165, 1.54) is 44.9 Å². The predicted molar refractivity (Wildman–Crippen MR) is 82.4 cm³/mol. The molecule has 0 aliphatic carbocycles. The maximum Gasteiger partial charge on any atom is 0.106 e.